The average Bonchev–Trinajstić information content (AvgIpc) is 2.34. The van der Waals surface area contributed by atoms with Gasteiger partial charge in [0.15, 0.2) is 11.6 Å². The summed E-state index contributed by atoms with van der Waals surface area (Å²) in [5.74, 6) is -3.40. The van der Waals surface area contributed by atoms with Crippen LogP contribution in [0.15, 0.2) is 34.8 Å². The number of alkyl halides is 3. The van der Waals surface area contributed by atoms with Crippen LogP contribution in [0.25, 0.3) is 0 Å². The molecule has 0 atom stereocenters. The van der Waals surface area contributed by atoms with Crippen molar-refractivity contribution in [3.8, 4) is 11.5 Å². The van der Waals surface area contributed by atoms with E-state index in [1.807, 2.05) is 0 Å². The fraction of sp³-hybridized carbons (Fsp3) is 0.0769. The number of halogens is 6. The summed E-state index contributed by atoms with van der Waals surface area (Å²) in [6, 6.07) is 4.17. The number of hydrogen-bond donors (Lipinski definition) is 1. The summed E-state index contributed by atoms with van der Waals surface area (Å²) in [7, 11) is 0. The van der Waals surface area contributed by atoms with Crippen molar-refractivity contribution in [2.24, 2.45) is 0 Å². The summed E-state index contributed by atoms with van der Waals surface area (Å²) < 4.78 is 70.5. The maximum Gasteiger partial charge on any atom is 0.419 e. The zero-order valence-corrected chi connectivity index (χ0v) is 11.7. The van der Waals surface area contributed by atoms with Gasteiger partial charge >= 0.3 is 6.18 Å². The van der Waals surface area contributed by atoms with Crippen molar-refractivity contribution < 1.29 is 26.7 Å². The molecule has 0 saturated heterocycles. The van der Waals surface area contributed by atoms with Gasteiger partial charge in [0.05, 0.1) is 11.3 Å². The second-order valence-electron chi connectivity index (χ2n) is 4.04. The summed E-state index contributed by atoms with van der Waals surface area (Å²) in [6.45, 7) is 0. The molecule has 2 N–H and O–H groups in total. The molecule has 0 heterocycles. The molecule has 0 aliphatic heterocycles. The molecule has 0 aliphatic rings. The minimum Gasteiger partial charge on any atom is -0.453 e. The Morgan fingerprint density at radius 2 is 1.62 bits per heavy atom. The van der Waals surface area contributed by atoms with Crippen LogP contribution in [-0.2, 0) is 6.18 Å². The third-order valence-electron chi connectivity index (χ3n) is 2.52. The SMILES string of the molecule is Nc1cc(F)c(Oc2cc(Br)ccc2C(F)(F)F)cc1F. The second kappa shape index (κ2) is 5.51. The average molecular weight is 368 g/mol. The standard InChI is InChI=1S/C13H7BrF5NO/c14-6-1-2-7(13(17,18)19)11(3-6)21-12-5-8(15)10(20)4-9(12)16/h1-5H,20H2. The highest BCUT2D eigenvalue weighted by Gasteiger charge is 2.34. The van der Waals surface area contributed by atoms with Gasteiger partial charge < -0.3 is 10.5 Å². The minimum absolute atomic E-state index is 0.293. The molecule has 2 aromatic rings. The first-order valence-electron chi connectivity index (χ1n) is 5.47. The highest BCUT2D eigenvalue weighted by molar-refractivity contribution is 9.10. The normalized spacial score (nSPS) is 11.5. The molecule has 0 amide bonds. The lowest BCUT2D eigenvalue weighted by Gasteiger charge is -2.14. The lowest BCUT2D eigenvalue weighted by atomic mass is 10.2. The molecule has 2 rings (SSSR count). The van der Waals surface area contributed by atoms with E-state index in [9.17, 15) is 22.0 Å². The Bertz CT molecular complexity index is 687. The highest BCUT2D eigenvalue weighted by Crippen LogP contribution is 2.40. The Morgan fingerprint density at radius 1 is 0.952 bits per heavy atom. The molecule has 0 saturated carbocycles. The molecular weight excluding hydrogens is 361 g/mol. The van der Waals surface area contributed by atoms with Crippen LogP contribution in [0.5, 0.6) is 11.5 Å². The Hall–Kier alpha value is -1.83. The Morgan fingerprint density at radius 3 is 2.24 bits per heavy atom. The molecule has 0 fully saturated rings. The van der Waals surface area contributed by atoms with E-state index < -0.39 is 40.6 Å². The van der Waals surface area contributed by atoms with Gasteiger partial charge in [-0.3, -0.25) is 0 Å². The van der Waals surface area contributed by atoms with E-state index in [0.29, 0.717) is 16.6 Å². The van der Waals surface area contributed by atoms with Gasteiger partial charge in [-0.25, -0.2) is 8.78 Å². The van der Waals surface area contributed by atoms with Crippen LogP contribution in [0.2, 0.25) is 0 Å². The molecule has 2 nitrogen and oxygen atoms in total. The molecule has 112 valence electrons. The van der Waals surface area contributed by atoms with E-state index in [0.717, 1.165) is 18.2 Å². The Kier molecular flexibility index (Phi) is 4.08. The molecule has 8 heteroatoms. The van der Waals surface area contributed by atoms with Crippen LogP contribution in [0, 0.1) is 11.6 Å². The number of anilines is 1. The van der Waals surface area contributed by atoms with Crippen molar-refractivity contribution in [3.05, 3.63) is 52.0 Å². The van der Waals surface area contributed by atoms with Gasteiger partial charge in [0.25, 0.3) is 0 Å². The molecule has 0 bridgehead atoms. The summed E-state index contributed by atoms with van der Waals surface area (Å²) in [5, 5.41) is 0. The minimum atomic E-state index is -4.70. The topological polar surface area (TPSA) is 35.2 Å². The van der Waals surface area contributed by atoms with Crippen molar-refractivity contribution in [2.75, 3.05) is 5.73 Å². The molecule has 0 aromatic heterocycles. The second-order valence-corrected chi connectivity index (χ2v) is 4.96. The van der Waals surface area contributed by atoms with Crippen molar-refractivity contribution in [1.29, 1.82) is 0 Å². The van der Waals surface area contributed by atoms with Crippen LogP contribution in [0.4, 0.5) is 27.6 Å². The van der Waals surface area contributed by atoms with Crippen LogP contribution >= 0.6 is 15.9 Å². The zero-order chi connectivity index (χ0) is 15.8. The summed E-state index contributed by atoms with van der Waals surface area (Å²) in [4.78, 5) is 0. The van der Waals surface area contributed by atoms with Crippen LogP contribution in [-0.4, -0.2) is 0 Å². The van der Waals surface area contributed by atoms with Crippen LogP contribution < -0.4 is 10.5 Å². The van der Waals surface area contributed by atoms with Crippen molar-refractivity contribution in [3.63, 3.8) is 0 Å². The highest BCUT2D eigenvalue weighted by atomic mass is 79.9. The van der Waals surface area contributed by atoms with E-state index in [4.69, 9.17) is 10.5 Å². The monoisotopic (exact) mass is 367 g/mol. The van der Waals surface area contributed by atoms with Crippen molar-refractivity contribution in [1.82, 2.24) is 0 Å². The first-order chi connectivity index (χ1) is 9.68. The van der Waals surface area contributed by atoms with Gasteiger partial charge in [-0.1, -0.05) is 15.9 Å². The van der Waals surface area contributed by atoms with Gasteiger partial charge in [-0.2, -0.15) is 13.2 Å². The Labute approximate surface area is 124 Å². The quantitative estimate of drug-likeness (QED) is 0.590. The fourth-order valence-corrected chi connectivity index (χ4v) is 1.90. The number of rotatable bonds is 2. The fourth-order valence-electron chi connectivity index (χ4n) is 1.56. The maximum atomic E-state index is 13.6. The third kappa shape index (κ3) is 3.44. The van der Waals surface area contributed by atoms with Crippen LogP contribution in [0.1, 0.15) is 5.56 Å². The molecule has 2 aromatic carbocycles. The number of nitrogens with two attached hydrogens (primary N) is 1. The molecule has 0 spiro atoms. The van der Waals surface area contributed by atoms with E-state index in [2.05, 4.69) is 15.9 Å². The van der Waals surface area contributed by atoms with E-state index >= 15 is 0 Å². The summed E-state index contributed by atoms with van der Waals surface area (Å²) in [5.41, 5.74) is 3.57. The molecule has 0 radical (unpaired) electrons. The molecule has 0 aliphatic carbocycles. The lowest BCUT2D eigenvalue weighted by Crippen LogP contribution is -2.07. The summed E-state index contributed by atoms with van der Waals surface area (Å²) >= 11 is 2.99. The number of hydrogen-bond acceptors (Lipinski definition) is 2. The van der Waals surface area contributed by atoms with E-state index in [1.54, 1.807) is 0 Å². The van der Waals surface area contributed by atoms with E-state index in [-0.39, 0.29) is 0 Å². The molecule has 21 heavy (non-hydrogen) atoms. The number of nitrogen functional groups attached to an aromatic ring is 1. The van der Waals surface area contributed by atoms with Crippen molar-refractivity contribution in [2.45, 2.75) is 6.18 Å². The first-order valence-corrected chi connectivity index (χ1v) is 6.27. The van der Waals surface area contributed by atoms with E-state index in [1.165, 1.54) is 0 Å². The van der Waals surface area contributed by atoms with Gasteiger partial charge in [0, 0.05) is 16.6 Å². The smallest absolute Gasteiger partial charge is 0.419 e. The van der Waals surface area contributed by atoms with Gasteiger partial charge in [0.1, 0.15) is 11.6 Å². The van der Waals surface area contributed by atoms with Gasteiger partial charge in [-0.15, -0.1) is 0 Å². The third-order valence-corrected chi connectivity index (χ3v) is 3.01. The number of ether oxygens (including phenoxy) is 1. The van der Waals surface area contributed by atoms with Gasteiger partial charge in [-0.05, 0) is 18.2 Å². The maximum absolute atomic E-state index is 13.6. The first kappa shape index (κ1) is 15.6. The zero-order valence-electron chi connectivity index (χ0n) is 10.1. The predicted octanol–water partition coefficient (Wildman–Crippen LogP) is 5.12. The van der Waals surface area contributed by atoms with Gasteiger partial charge in [0.2, 0.25) is 0 Å². The van der Waals surface area contributed by atoms with Crippen molar-refractivity contribution >= 4 is 21.6 Å². The number of benzene rings is 2. The molecular formula is C13H7BrF5NO. The van der Waals surface area contributed by atoms with Crippen LogP contribution in [0.3, 0.4) is 0 Å². The lowest BCUT2D eigenvalue weighted by molar-refractivity contribution is -0.138. The largest absolute Gasteiger partial charge is 0.453 e. The predicted molar refractivity (Wildman–Crippen MR) is 70.0 cm³/mol. The Balaban J connectivity index is 2.49. The molecule has 0 unspecified atom stereocenters. The summed E-state index contributed by atoms with van der Waals surface area (Å²) in [6.07, 6.45) is -4.70.